The summed E-state index contributed by atoms with van der Waals surface area (Å²) in [5.41, 5.74) is 0. The lowest BCUT2D eigenvalue weighted by molar-refractivity contribution is -0.870. The minimum Gasteiger partial charge on any atom is -0.756 e. The van der Waals surface area contributed by atoms with Crippen LogP contribution in [0.4, 0.5) is 0 Å². The lowest BCUT2D eigenvalue weighted by Crippen LogP contribution is -2.45. The van der Waals surface area contributed by atoms with Gasteiger partial charge in [0.25, 0.3) is 7.82 Å². The Labute approximate surface area is 340 Å². The van der Waals surface area contributed by atoms with Crippen molar-refractivity contribution in [2.24, 2.45) is 0 Å². The summed E-state index contributed by atoms with van der Waals surface area (Å²) in [6, 6.07) is -0.901. The predicted molar refractivity (Wildman–Crippen MR) is 233 cm³/mol. The van der Waals surface area contributed by atoms with E-state index in [9.17, 15) is 19.4 Å². The number of hydrogen-bond donors (Lipinski definition) is 2. The van der Waals surface area contributed by atoms with Gasteiger partial charge in [-0.15, -0.1) is 0 Å². The molecule has 0 heterocycles. The highest BCUT2D eigenvalue weighted by molar-refractivity contribution is 7.45. The van der Waals surface area contributed by atoms with E-state index < -0.39 is 26.6 Å². The van der Waals surface area contributed by atoms with Gasteiger partial charge in [0.2, 0.25) is 5.91 Å². The summed E-state index contributed by atoms with van der Waals surface area (Å²) in [4.78, 5) is 25.3. The number of rotatable bonds is 41. The number of unbranched alkanes of at least 4 members (excludes halogenated alkanes) is 24. The molecule has 0 rings (SSSR count). The normalized spacial score (nSPS) is 14.7. The monoisotopic (exact) mass is 797 g/mol. The van der Waals surface area contributed by atoms with Crippen molar-refractivity contribution in [3.05, 3.63) is 36.5 Å². The molecule has 0 aromatic rings. The lowest BCUT2D eigenvalue weighted by Gasteiger charge is -2.29. The molecule has 324 valence electrons. The molecule has 0 aromatic carbocycles. The predicted octanol–water partition coefficient (Wildman–Crippen LogP) is 12.1. The van der Waals surface area contributed by atoms with Gasteiger partial charge in [0, 0.05) is 6.42 Å². The average molecular weight is 797 g/mol. The van der Waals surface area contributed by atoms with Crippen LogP contribution >= 0.6 is 7.82 Å². The van der Waals surface area contributed by atoms with E-state index in [1.165, 1.54) is 141 Å². The Morgan fingerprint density at radius 3 is 1.47 bits per heavy atom. The van der Waals surface area contributed by atoms with E-state index in [-0.39, 0.29) is 12.5 Å². The second-order valence-corrected chi connectivity index (χ2v) is 18.2. The van der Waals surface area contributed by atoms with Crippen molar-refractivity contribution < 1.29 is 32.9 Å². The van der Waals surface area contributed by atoms with E-state index in [0.717, 1.165) is 38.5 Å². The Morgan fingerprint density at radius 2 is 1.02 bits per heavy atom. The molecule has 0 aromatic heterocycles. The van der Waals surface area contributed by atoms with E-state index in [4.69, 9.17) is 9.05 Å². The fourth-order valence-electron chi connectivity index (χ4n) is 6.40. The maximum atomic E-state index is 12.8. The summed E-state index contributed by atoms with van der Waals surface area (Å²) in [7, 11) is 1.24. The van der Waals surface area contributed by atoms with Gasteiger partial charge in [0.05, 0.1) is 39.9 Å². The summed E-state index contributed by atoms with van der Waals surface area (Å²) in [6.07, 6.45) is 46.3. The number of likely N-dealkylation sites (N-methyl/N-ethyl adjacent to an activating group) is 1. The number of phosphoric acid groups is 1. The SMILES string of the molecule is CCCCCCCC/C=C/CC/C=C/C(O)C(COP(=O)([O-])OCC[N+](C)(C)C)NC(=O)CCCCCCCCCCC/C=C\CCCCCCCCCC. The third-order valence-electron chi connectivity index (χ3n) is 10.1. The number of amides is 1. The van der Waals surface area contributed by atoms with E-state index in [1.54, 1.807) is 6.08 Å². The first-order valence-corrected chi connectivity index (χ1v) is 24.3. The fourth-order valence-corrected chi connectivity index (χ4v) is 7.12. The molecule has 55 heavy (non-hydrogen) atoms. The first-order valence-electron chi connectivity index (χ1n) is 22.9. The van der Waals surface area contributed by atoms with Crippen LogP contribution in [0.3, 0.4) is 0 Å². The van der Waals surface area contributed by atoms with Crippen LogP contribution < -0.4 is 10.2 Å². The Bertz CT molecular complexity index is 995. The average Bonchev–Trinajstić information content (AvgIpc) is 3.13. The van der Waals surface area contributed by atoms with Crippen molar-refractivity contribution in [2.45, 2.75) is 212 Å². The van der Waals surface area contributed by atoms with Crippen molar-refractivity contribution in [1.82, 2.24) is 5.32 Å². The first kappa shape index (κ1) is 53.7. The number of carbonyl (C=O) groups excluding carboxylic acids is 1. The third kappa shape index (κ3) is 40.7. The minimum absolute atomic E-state index is 0.00674. The maximum Gasteiger partial charge on any atom is 0.268 e. The molecule has 0 spiro atoms. The number of aliphatic hydroxyl groups is 1. The van der Waals surface area contributed by atoms with Crippen molar-refractivity contribution >= 4 is 13.7 Å². The van der Waals surface area contributed by atoms with Crippen LogP contribution in [0.15, 0.2) is 36.5 Å². The molecule has 0 bridgehead atoms. The number of nitrogens with zero attached hydrogens (tertiary/aromatic N) is 1. The molecule has 2 N–H and O–H groups in total. The number of allylic oxidation sites excluding steroid dienone is 5. The molecule has 3 unspecified atom stereocenters. The summed E-state index contributed by atoms with van der Waals surface area (Å²) in [5.74, 6) is -0.211. The standard InChI is InChI=1S/C46H89N2O6P/c1-6-8-10-12-14-16-18-20-21-22-23-24-25-26-27-28-30-32-34-36-38-40-46(50)47-44(43-54-55(51,52)53-42-41-48(3,4)5)45(49)39-37-35-33-31-29-19-17-15-13-11-9-7-2/h22-23,29,31,37,39,44-45,49H,6-21,24-28,30,32-36,38,40-43H2,1-5H3,(H-,47,50,51,52)/b23-22-,31-29+,39-37+. The highest BCUT2D eigenvalue weighted by Crippen LogP contribution is 2.38. The molecule has 0 radical (unpaired) electrons. The summed E-state index contributed by atoms with van der Waals surface area (Å²) >= 11 is 0. The molecule has 0 fully saturated rings. The van der Waals surface area contributed by atoms with Gasteiger partial charge in [0.1, 0.15) is 13.2 Å². The van der Waals surface area contributed by atoms with Crippen LogP contribution in [-0.4, -0.2) is 68.5 Å². The van der Waals surface area contributed by atoms with Crippen LogP contribution in [-0.2, 0) is 18.4 Å². The lowest BCUT2D eigenvalue weighted by atomic mass is 10.0. The number of nitrogens with one attached hydrogen (secondary N) is 1. The van der Waals surface area contributed by atoms with E-state index in [1.807, 2.05) is 27.2 Å². The number of carbonyl (C=O) groups is 1. The highest BCUT2D eigenvalue weighted by atomic mass is 31.2. The van der Waals surface area contributed by atoms with E-state index >= 15 is 0 Å². The topological polar surface area (TPSA) is 108 Å². The zero-order chi connectivity index (χ0) is 40.7. The number of aliphatic hydroxyl groups excluding tert-OH is 1. The Balaban J connectivity index is 4.34. The van der Waals surface area contributed by atoms with Gasteiger partial charge in [-0.05, 0) is 57.8 Å². The van der Waals surface area contributed by atoms with Gasteiger partial charge in [-0.25, -0.2) is 0 Å². The zero-order valence-corrected chi connectivity index (χ0v) is 37.5. The molecule has 0 aliphatic heterocycles. The molecule has 0 aliphatic rings. The molecule has 0 saturated carbocycles. The van der Waals surface area contributed by atoms with Gasteiger partial charge in [-0.2, -0.15) is 0 Å². The zero-order valence-electron chi connectivity index (χ0n) is 36.6. The van der Waals surface area contributed by atoms with Crippen LogP contribution in [0.1, 0.15) is 200 Å². The minimum atomic E-state index is -4.59. The van der Waals surface area contributed by atoms with Gasteiger partial charge < -0.3 is 28.8 Å². The number of quaternary nitrogens is 1. The second-order valence-electron chi connectivity index (χ2n) is 16.7. The second kappa shape index (κ2) is 38.2. The number of hydrogen-bond acceptors (Lipinski definition) is 6. The van der Waals surface area contributed by atoms with E-state index in [2.05, 4.69) is 43.5 Å². The van der Waals surface area contributed by atoms with Crippen LogP contribution in [0.25, 0.3) is 0 Å². The van der Waals surface area contributed by atoms with Crippen LogP contribution in [0.2, 0.25) is 0 Å². The van der Waals surface area contributed by atoms with Crippen molar-refractivity contribution in [3.63, 3.8) is 0 Å². The Morgan fingerprint density at radius 1 is 0.618 bits per heavy atom. The molecule has 0 aliphatic carbocycles. The maximum absolute atomic E-state index is 12.8. The molecule has 8 nitrogen and oxygen atoms in total. The largest absolute Gasteiger partial charge is 0.756 e. The smallest absolute Gasteiger partial charge is 0.268 e. The quantitative estimate of drug-likeness (QED) is 0.0276. The van der Waals surface area contributed by atoms with Crippen molar-refractivity contribution in [1.29, 1.82) is 0 Å². The van der Waals surface area contributed by atoms with Crippen LogP contribution in [0, 0.1) is 0 Å². The van der Waals surface area contributed by atoms with Gasteiger partial charge >= 0.3 is 0 Å². The first-order chi connectivity index (χ1) is 26.5. The van der Waals surface area contributed by atoms with Crippen molar-refractivity contribution in [3.8, 4) is 0 Å². The molecular formula is C46H89N2O6P. The summed E-state index contributed by atoms with van der Waals surface area (Å²) in [6.45, 7) is 4.60. The van der Waals surface area contributed by atoms with Crippen LogP contribution in [0.5, 0.6) is 0 Å². The highest BCUT2D eigenvalue weighted by Gasteiger charge is 2.23. The summed E-state index contributed by atoms with van der Waals surface area (Å²) in [5, 5.41) is 13.7. The molecule has 1 amide bonds. The molecular weight excluding hydrogens is 707 g/mol. The van der Waals surface area contributed by atoms with E-state index in [0.29, 0.717) is 17.4 Å². The molecule has 3 atom stereocenters. The molecule has 0 saturated heterocycles. The Hall–Kier alpha value is -1.28. The van der Waals surface area contributed by atoms with Gasteiger partial charge in [-0.1, -0.05) is 172 Å². The third-order valence-corrected chi connectivity index (χ3v) is 11.0. The van der Waals surface area contributed by atoms with Gasteiger partial charge in [0.15, 0.2) is 0 Å². The summed E-state index contributed by atoms with van der Waals surface area (Å²) < 4.78 is 23.2. The molecule has 9 heteroatoms. The Kier molecular flexibility index (Phi) is 37.4. The number of phosphoric ester groups is 1. The fraction of sp³-hybridized carbons (Fsp3) is 0.848. The van der Waals surface area contributed by atoms with Crippen molar-refractivity contribution in [2.75, 3.05) is 40.9 Å². The van der Waals surface area contributed by atoms with Gasteiger partial charge in [-0.3, -0.25) is 9.36 Å².